The molecule has 1 fully saturated rings. The summed E-state index contributed by atoms with van der Waals surface area (Å²) in [5, 5.41) is 0. The summed E-state index contributed by atoms with van der Waals surface area (Å²) in [6.45, 7) is 11.7. The van der Waals surface area contributed by atoms with E-state index in [1.807, 2.05) is 30.3 Å². The Labute approximate surface area is 187 Å². The Morgan fingerprint density at radius 2 is 1.77 bits per heavy atom. The van der Waals surface area contributed by atoms with Crippen molar-refractivity contribution in [2.75, 3.05) is 26.2 Å². The van der Waals surface area contributed by atoms with Crippen LogP contribution in [0.3, 0.4) is 0 Å². The summed E-state index contributed by atoms with van der Waals surface area (Å²) in [4.78, 5) is 17.0. The van der Waals surface area contributed by atoms with E-state index in [1.165, 1.54) is 5.56 Å². The SMILES string of the molecule is C=CN(CC(C)(C)O[C@H]1CCCN(CCc2ccccc2)CC1)C(=O)c1ccccc1. The zero-order valence-electron chi connectivity index (χ0n) is 19.0. The molecule has 1 aliphatic rings. The minimum absolute atomic E-state index is 0.0415. The number of carbonyl (C=O) groups excluding carboxylic acids is 1. The highest BCUT2D eigenvalue weighted by Crippen LogP contribution is 2.23. The molecular formula is C27H36N2O2. The van der Waals surface area contributed by atoms with Gasteiger partial charge in [0, 0.05) is 24.9 Å². The molecule has 0 saturated carbocycles. The van der Waals surface area contributed by atoms with E-state index in [4.69, 9.17) is 4.74 Å². The fraction of sp³-hybridized carbons (Fsp3) is 0.444. The maximum Gasteiger partial charge on any atom is 0.257 e. The van der Waals surface area contributed by atoms with Gasteiger partial charge in [-0.25, -0.2) is 0 Å². The van der Waals surface area contributed by atoms with Gasteiger partial charge in [0.15, 0.2) is 0 Å². The van der Waals surface area contributed by atoms with Crippen molar-refractivity contribution in [2.45, 2.75) is 51.2 Å². The van der Waals surface area contributed by atoms with Gasteiger partial charge in [0.1, 0.15) is 0 Å². The summed E-state index contributed by atoms with van der Waals surface area (Å²) in [5.74, 6) is -0.0415. The van der Waals surface area contributed by atoms with Gasteiger partial charge in [-0.3, -0.25) is 4.79 Å². The first-order valence-corrected chi connectivity index (χ1v) is 11.4. The van der Waals surface area contributed by atoms with Crippen molar-refractivity contribution < 1.29 is 9.53 Å². The molecule has 4 heteroatoms. The summed E-state index contributed by atoms with van der Waals surface area (Å²) in [6, 6.07) is 20.0. The largest absolute Gasteiger partial charge is 0.370 e. The molecule has 1 saturated heterocycles. The summed E-state index contributed by atoms with van der Waals surface area (Å²) in [7, 11) is 0. The molecule has 0 spiro atoms. The van der Waals surface area contributed by atoms with Crippen LogP contribution in [0.4, 0.5) is 0 Å². The van der Waals surface area contributed by atoms with Crippen LogP contribution in [0.5, 0.6) is 0 Å². The molecule has 1 amide bonds. The predicted octanol–water partition coefficient (Wildman–Crippen LogP) is 5.16. The van der Waals surface area contributed by atoms with E-state index in [0.717, 1.165) is 45.3 Å². The standard InChI is InChI=1S/C27H36N2O2/c1-4-29(26(30)24-14-9-6-10-15-24)22-27(2,3)31-25-16-11-19-28(21-18-25)20-17-23-12-7-5-8-13-23/h4-10,12-15,25H,1,11,16-22H2,2-3H3/t25-/m0/s1. The van der Waals surface area contributed by atoms with Crippen LogP contribution in [0.2, 0.25) is 0 Å². The van der Waals surface area contributed by atoms with E-state index in [-0.39, 0.29) is 12.0 Å². The van der Waals surface area contributed by atoms with Crippen LogP contribution >= 0.6 is 0 Å². The normalized spacial score (nSPS) is 17.7. The summed E-state index contributed by atoms with van der Waals surface area (Å²) >= 11 is 0. The topological polar surface area (TPSA) is 32.8 Å². The molecule has 1 atom stereocenters. The molecule has 31 heavy (non-hydrogen) atoms. The Kier molecular flexibility index (Phi) is 8.44. The highest BCUT2D eigenvalue weighted by atomic mass is 16.5. The lowest BCUT2D eigenvalue weighted by Crippen LogP contribution is -2.43. The highest BCUT2D eigenvalue weighted by molar-refractivity contribution is 5.94. The van der Waals surface area contributed by atoms with Crippen molar-refractivity contribution >= 4 is 5.91 Å². The second kappa shape index (κ2) is 11.3. The minimum Gasteiger partial charge on any atom is -0.370 e. The lowest BCUT2D eigenvalue weighted by Gasteiger charge is -2.34. The first-order chi connectivity index (χ1) is 15.0. The Bertz CT molecular complexity index is 820. The number of likely N-dealkylation sites (tertiary alicyclic amines) is 1. The number of hydrogen-bond acceptors (Lipinski definition) is 3. The van der Waals surface area contributed by atoms with Gasteiger partial charge >= 0.3 is 0 Å². The van der Waals surface area contributed by atoms with Crippen LogP contribution in [0.15, 0.2) is 73.4 Å². The molecule has 166 valence electrons. The van der Waals surface area contributed by atoms with Gasteiger partial charge in [0.05, 0.1) is 18.2 Å². The molecule has 2 aromatic rings. The number of carbonyl (C=O) groups is 1. The third-order valence-electron chi connectivity index (χ3n) is 5.87. The Morgan fingerprint density at radius 3 is 2.45 bits per heavy atom. The van der Waals surface area contributed by atoms with Gasteiger partial charge in [-0.1, -0.05) is 55.1 Å². The maximum absolute atomic E-state index is 12.8. The monoisotopic (exact) mass is 420 g/mol. The molecule has 0 bridgehead atoms. The molecule has 3 rings (SSSR count). The van der Waals surface area contributed by atoms with Gasteiger partial charge in [-0.05, 0) is 63.8 Å². The smallest absolute Gasteiger partial charge is 0.257 e. The summed E-state index contributed by atoms with van der Waals surface area (Å²) in [6.07, 6.45) is 6.15. The molecule has 0 aromatic heterocycles. The molecule has 0 radical (unpaired) electrons. The second-order valence-corrected chi connectivity index (χ2v) is 8.99. The zero-order valence-corrected chi connectivity index (χ0v) is 19.0. The van der Waals surface area contributed by atoms with Crippen molar-refractivity contribution in [1.29, 1.82) is 0 Å². The van der Waals surface area contributed by atoms with Crippen LogP contribution in [-0.4, -0.2) is 53.6 Å². The molecule has 1 aliphatic heterocycles. The lowest BCUT2D eigenvalue weighted by molar-refractivity contribution is -0.0833. The van der Waals surface area contributed by atoms with Gasteiger partial charge in [0.2, 0.25) is 0 Å². The van der Waals surface area contributed by atoms with Gasteiger partial charge in [0.25, 0.3) is 5.91 Å². The molecule has 0 unspecified atom stereocenters. The van der Waals surface area contributed by atoms with Crippen LogP contribution < -0.4 is 0 Å². The van der Waals surface area contributed by atoms with E-state index in [0.29, 0.717) is 12.1 Å². The van der Waals surface area contributed by atoms with Crippen molar-refractivity contribution in [3.05, 3.63) is 84.6 Å². The number of benzene rings is 2. The van der Waals surface area contributed by atoms with E-state index < -0.39 is 5.60 Å². The molecule has 0 N–H and O–H groups in total. The fourth-order valence-electron chi connectivity index (χ4n) is 4.26. The fourth-order valence-corrected chi connectivity index (χ4v) is 4.26. The first-order valence-electron chi connectivity index (χ1n) is 11.4. The third-order valence-corrected chi connectivity index (χ3v) is 5.87. The van der Waals surface area contributed by atoms with Crippen molar-refractivity contribution in [3.8, 4) is 0 Å². The van der Waals surface area contributed by atoms with Crippen molar-refractivity contribution in [1.82, 2.24) is 9.80 Å². The summed E-state index contributed by atoms with van der Waals surface area (Å²) < 4.78 is 6.52. The average Bonchev–Trinajstić information content (AvgIpc) is 3.01. The molecule has 1 heterocycles. The second-order valence-electron chi connectivity index (χ2n) is 8.99. The summed E-state index contributed by atoms with van der Waals surface area (Å²) in [5.41, 5.74) is 1.62. The maximum atomic E-state index is 12.8. The lowest BCUT2D eigenvalue weighted by atomic mass is 10.1. The quantitative estimate of drug-likeness (QED) is 0.561. The molecule has 4 nitrogen and oxygen atoms in total. The van der Waals surface area contributed by atoms with Gasteiger partial charge in [-0.15, -0.1) is 0 Å². The van der Waals surface area contributed by atoms with Crippen LogP contribution in [0, 0.1) is 0 Å². The molecular weight excluding hydrogens is 384 g/mol. The van der Waals surface area contributed by atoms with Crippen LogP contribution in [-0.2, 0) is 11.2 Å². The third kappa shape index (κ3) is 7.34. The average molecular weight is 421 g/mol. The van der Waals surface area contributed by atoms with E-state index >= 15 is 0 Å². The van der Waals surface area contributed by atoms with Gasteiger partial charge in [-0.2, -0.15) is 0 Å². The van der Waals surface area contributed by atoms with Crippen LogP contribution in [0.1, 0.15) is 49.0 Å². The number of nitrogens with zero attached hydrogens (tertiary/aromatic N) is 2. The molecule has 0 aliphatic carbocycles. The molecule has 2 aromatic carbocycles. The predicted molar refractivity (Wildman–Crippen MR) is 127 cm³/mol. The van der Waals surface area contributed by atoms with Crippen LogP contribution in [0.25, 0.3) is 0 Å². The van der Waals surface area contributed by atoms with E-state index in [1.54, 1.807) is 11.1 Å². The highest BCUT2D eigenvalue weighted by Gasteiger charge is 2.29. The Hall–Kier alpha value is -2.43. The zero-order chi connectivity index (χ0) is 22.1. The number of ether oxygens (including phenoxy) is 1. The first kappa shape index (κ1) is 23.2. The van der Waals surface area contributed by atoms with Gasteiger partial charge < -0.3 is 14.5 Å². The van der Waals surface area contributed by atoms with E-state index in [9.17, 15) is 4.79 Å². The minimum atomic E-state index is -0.442. The Balaban J connectivity index is 1.49. The van der Waals surface area contributed by atoms with E-state index in [2.05, 4.69) is 55.7 Å². The van der Waals surface area contributed by atoms with Crippen molar-refractivity contribution in [2.24, 2.45) is 0 Å². The Morgan fingerprint density at radius 1 is 1.10 bits per heavy atom. The number of amides is 1. The number of rotatable bonds is 9. The van der Waals surface area contributed by atoms with Crippen molar-refractivity contribution in [3.63, 3.8) is 0 Å². The number of hydrogen-bond donors (Lipinski definition) is 0.